The van der Waals surface area contributed by atoms with E-state index in [1.54, 1.807) is 17.2 Å². The molecule has 0 spiro atoms. The Morgan fingerprint density at radius 2 is 1.97 bits per heavy atom. The molecular weight excluding hydrogens is 424 g/mol. The van der Waals surface area contributed by atoms with E-state index in [4.69, 9.17) is 11.1 Å². The molecule has 0 atom stereocenters. The van der Waals surface area contributed by atoms with Crippen molar-refractivity contribution in [3.63, 3.8) is 0 Å². The SMILES string of the molecule is Cc1ccccc1.N=Cc1cc(Nc2ccnc3[nH]c(C4=CCN(C=O)CC4)cc23)ccc1N. The van der Waals surface area contributed by atoms with Crippen LogP contribution in [0.5, 0.6) is 0 Å². The topological polar surface area (TPSA) is 111 Å². The molecule has 2 aromatic carbocycles. The minimum absolute atomic E-state index is 0.577. The van der Waals surface area contributed by atoms with Crippen LogP contribution in [0.2, 0.25) is 0 Å². The van der Waals surface area contributed by atoms with Crippen molar-refractivity contribution >= 4 is 46.3 Å². The molecule has 0 saturated carbocycles. The summed E-state index contributed by atoms with van der Waals surface area (Å²) >= 11 is 0. The van der Waals surface area contributed by atoms with Crippen LogP contribution >= 0.6 is 0 Å². The Morgan fingerprint density at radius 3 is 2.62 bits per heavy atom. The van der Waals surface area contributed by atoms with Gasteiger partial charge in [0.2, 0.25) is 6.41 Å². The van der Waals surface area contributed by atoms with Crippen LogP contribution in [0, 0.1) is 12.3 Å². The van der Waals surface area contributed by atoms with Crippen molar-refractivity contribution in [2.24, 2.45) is 0 Å². The molecule has 5 rings (SSSR count). The monoisotopic (exact) mass is 452 g/mol. The van der Waals surface area contributed by atoms with E-state index in [1.165, 1.54) is 17.4 Å². The van der Waals surface area contributed by atoms with E-state index in [1.807, 2.05) is 36.4 Å². The quantitative estimate of drug-likeness (QED) is 0.191. The number of aryl methyl sites for hydroxylation is 1. The molecule has 4 aromatic rings. The highest BCUT2D eigenvalue weighted by Gasteiger charge is 2.15. The summed E-state index contributed by atoms with van der Waals surface area (Å²) in [5, 5.41) is 11.8. The Morgan fingerprint density at radius 1 is 1.15 bits per heavy atom. The van der Waals surface area contributed by atoms with Crippen LogP contribution in [-0.2, 0) is 4.79 Å². The van der Waals surface area contributed by atoms with Gasteiger partial charge in [0.1, 0.15) is 5.65 Å². The number of aromatic nitrogens is 2. The molecule has 1 amide bonds. The lowest BCUT2D eigenvalue weighted by molar-refractivity contribution is -0.117. The van der Waals surface area contributed by atoms with Gasteiger partial charge in [-0.25, -0.2) is 4.98 Å². The molecule has 0 fully saturated rings. The maximum Gasteiger partial charge on any atom is 0.209 e. The second-order valence-electron chi connectivity index (χ2n) is 8.15. The summed E-state index contributed by atoms with van der Waals surface area (Å²) in [5.74, 6) is 0. The molecule has 1 aliphatic heterocycles. The molecule has 0 unspecified atom stereocenters. The van der Waals surface area contributed by atoms with Gasteiger partial charge < -0.3 is 26.3 Å². The van der Waals surface area contributed by atoms with Crippen molar-refractivity contribution in [3.8, 4) is 0 Å². The summed E-state index contributed by atoms with van der Waals surface area (Å²) in [6.07, 6.45) is 6.77. The number of fused-ring (bicyclic) bond motifs is 1. The van der Waals surface area contributed by atoms with Crippen LogP contribution in [0.4, 0.5) is 17.1 Å². The second-order valence-corrected chi connectivity index (χ2v) is 8.15. The molecule has 0 radical (unpaired) electrons. The largest absolute Gasteiger partial charge is 0.398 e. The first-order valence-electron chi connectivity index (χ1n) is 11.1. The van der Waals surface area contributed by atoms with Gasteiger partial charge in [0.15, 0.2) is 0 Å². The molecule has 5 N–H and O–H groups in total. The van der Waals surface area contributed by atoms with Gasteiger partial charge in [-0.15, -0.1) is 0 Å². The standard InChI is InChI=1S/C20H20N6O.C7H8/c21-11-14-9-15(1-2-17(14)22)24-18-3-6-23-20-16(18)10-19(25-20)13-4-7-26(12-27)8-5-13;1-7-5-3-2-4-6-7/h1-4,6,9-12,21H,5,7-8,22H2,(H2,23,24,25);2-6H,1H3. The van der Waals surface area contributed by atoms with Gasteiger partial charge in [0.25, 0.3) is 0 Å². The summed E-state index contributed by atoms with van der Waals surface area (Å²) in [6.45, 7) is 3.44. The minimum Gasteiger partial charge on any atom is -0.398 e. The van der Waals surface area contributed by atoms with Crippen molar-refractivity contribution in [2.75, 3.05) is 24.1 Å². The third kappa shape index (κ3) is 5.32. The van der Waals surface area contributed by atoms with Crippen LogP contribution < -0.4 is 11.1 Å². The van der Waals surface area contributed by atoms with Crippen molar-refractivity contribution in [3.05, 3.63) is 89.8 Å². The number of carbonyl (C=O) groups is 1. The van der Waals surface area contributed by atoms with Gasteiger partial charge in [0.05, 0.1) is 5.69 Å². The molecule has 0 bridgehead atoms. The maximum atomic E-state index is 10.9. The number of hydrogen-bond acceptors (Lipinski definition) is 5. The molecule has 7 nitrogen and oxygen atoms in total. The predicted octanol–water partition coefficient (Wildman–Crippen LogP) is 5.13. The molecule has 3 heterocycles. The lowest BCUT2D eigenvalue weighted by Gasteiger charge is -2.21. The number of aromatic amines is 1. The molecule has 0 saturated heterocycles. The van der Waals surface area contributed by atoms with E-state index < -0.39 is 0 Å². The molecule has 2 aromatic heterocycles. The van der Waals surface area contributed by atoms with Crippen molar-refractivity contribution in [2.45, 2.75) is 13.3 Å². The number of carbonyl (C=O) groups excluding carboxylic acids is 1. The van der Waals surface area contributed by atoms with Gasteiger partial charge >= 0.3 is 0 Å². The lowest BCUT2D eigenvalue weighted by Crippen LogP contribution is -2.26. The van der Waals surface area contributed by atoms with Gasteiger partial charge in [-0.1, -0.05) is 42.0 Å². The molecule has 7 heteroatoms. The number of amides is 1. The van der Waals surface area contributed by atoms with Crippen molar-refractivity contribution in [1.29, 1.82) is 5.41 Å². The van der Waals surface area contributed by atoms with Gasteiger partial charge in [-0.3, -0.25) is 4.79 Å². The Balaban J connectivity index is 0.000000336. The summed E-state index contributed by atoms with van der Waals surface area (Å²) < 4.78 is 0. The number of pyridine rings is 1. The van der Waals surface area contributed by atoms with E-state index in [2.05, 4.69) is 46.5 Å². The third-order valence-electron chi connectivity index (χ3n) is 5.73. The Kier molecular flexibility index (Phi) is 7.03. The highest BCUT2D eigenvalue weighted by atomic mass is 16.1. The average molecular weight is 453 g/mol. The summed E-state index contributed by atoms with van der Waals surface area (Å²) in [6, 6.07) is 19.8. The smallest absolute Gasteiger partial charge is 0.209 e. The third-order valence-corrected chi connectivity index (χ3v) is 5.73. The van der Waals surface area contributed by atoms with Crippen LogP contribution in [-0.4, -0.2) is 40.6 Å². The molecule has 34 heavy (non-hydrogen) atoms. The summed E-state index contributed by atoms with van der Waals surface area (Å²) in [4.78, 5) is 20.4. The summed E-state index contributed by atoms with van der Waals surface area (Å²) in [5.41, 5.74) is 13.2. The number of benzene rings is 2. The Hall–Kier alpha value is -4.39. The average Bonchev–Trinajstić information content (AvgIpc) is 3.32. The number of anilines is 3. The van der Waals surface area contributed by atoms with Crippen LogP contribution in [0.3, 0.4) is 0 Å². The number of nitrogens with zero attached hydrogens (tertiary/aromatic N) is 2. The Labute approximate surface area is 198 Å². The first-order valence-corrected chi connectivity index (χ1v) is 11.1. The molecule has 0 aliphatic carbocycles. The fourth-order valence-corrected chi connectivity index (χ4v) is 3.80. The first-order chi connectivity index (χ1) is 16.6. The van der Waals surface area contributed by atoms with Crippen LogP contribution in [0.25, 0.3) is 16.6 Å². The Bertz CT molecular complexity index is 1330. The number of nitrogen functional groups attached to an aromatic ring is 1. The van der Waals surface area contributed by atoms with E-state index in [9.17, 15) is 4.79 Å². The predicted molar refractivity (Wildman–Crippen MR) is 140 cm³/mol. The number of H-pyrrole nitrogens is 1. The molecular formula is C27H28N6O. The zero-order valence-electron chi connectivity index (χ0n) is 19.1. The number of nitrogens with one attached hydrogen (secondary N) is 3. The highest BCUT2D eigenvalue weighted by molar-refractivity contribution is 5.95. The van der Waals surface area contributed by atoms with E-state index in [0.717, 1.165) is 47.5 Å². The zero-order valence-corrected chi connectivity index (χ0v) is 19.1. The van der Waals surface area contributed by atoms with Crippen molar-refractivity contribution < 1.29 is 4.79 Å². The highest BCUT2D eigenvalue weighted by Crippen LogP contribution is 2.30. The first kappa shape index (κ1) is 22.8. The fraction of sp³-hybridized carbons (Fsp3) is 0.148. The minimum atomic E-state index is 0.577. The second kappa shape index (κ2) is 10.5. The van der Waals surface area contributed by atoms with Crippen LogP contribution in [0.1, 0.15) is 23.2 Å². The maximum absolute atomic E-state index is 10.9. The molecule has 172 valence electrons. The van der Waals surface area contributed by atoms with Gasteiger partial charge in [-0.05, 0) is 49.2 Å². The van der Waals surface area contributed by atoms with Crippen molar-refractivity contribution in [1.82, 2.24) is 14.9 Å². The van der Waals surface area contributed by atoms with E-state index >= 15 is 0 Å². The number of nitrogens with two attached hydrogens (primary N) is 1. The van der Waals surface area contributed by atoms with Gasteiger partial charge in [0, 0.05) is 53.5 Å². The normalized spacial score (nSPS) is 13.0. The summed E-state index contributed by atoms with van der Waals surface area (Å²) in [7, 11) is 0. The lowest BCUT2D eigenvalue weighted by atomic mass is 10.1. The zero-order chi connectivity index (χ0) is 23.9. The van der Waals surface area contributed by atoms with E-state index in [0.29, 0.717) is 17.8 Å². The molecule has 1 aliphatic rings. The van der Waals surface area contributed by atoms with E-state index in [-0.39, 0.29) is 0 Å². The fourth-order valence-electron chi connectivity index (χ4n) is 3.80. The van der Waals surface area contributed by atoms with Crippen LogP contribution in [0.15, 0.2) is 72.9 Å². The van der Waals surface area contributed by atoms with Gasteiger partial charge in [-0.2, -0.15) is 0 Å². The number of hydrogen-bond donors (Lipinski definition) is 4. The number of rotatable bonds is 5.